The van der Waals surface area contributed by atoms with Crippen molar-refractivity contribution >= 4 is 28.5 Å². The molecule has 3 rings (SSSR count). The first kappa shape index (κ1) is 27.7. The maximum atomic E-state index is 13.5. The lowest BCUT2D eigenvalue weighted by atomic mass is 9.84. The highest BCUT2D eigenvalue weighted by Gasteiger charge is 2.39. The molecule has 0 radical (unpaired) electrons. The first-order valence-corrected chi connectivity index (χ1v) is 13.3. The molecule has 36 heavy (non-hydrogen) atoms. The average molecular weight is 495 g/mol. The molecule has 0 aliphatic carbocycles. The molecule has 1 aliphatic rings. The van der Waals surface area contributed by atoms with Gasteiger partial charge in [-0.3, -0.25) is 14.4 Å². The Bertz CT molecular complexity index is 1040. The van der Waals surface area contributed by atoms with Gasteiger partial charge in [-0.25, -0.2) is 0 Å². The third-order valence-electron chi connectivity index (χ3n) is 7.13. The fourth-order valence-electron chi connectivity index (χ4n) is 5.35. The van der Waals surface area contributed by atoms with E-state index in [1.807, 2.05) is 36.4 Å². The molecule has 7 heteroatoms. The third kappa shape index (κ3) is 6.84. The molecule has 1 unspecified atom stereocenters. The lowest BCUT2D eigenvalue weighted by Gasteiger charge is -2.32. The van der Waals surface area contributed by atoms with Crippen LogP contribution in [0.2, 0.25) is 0 Å². The van der Waals surface area contributed by atoms with Gasteiger partial charge in [0.2, 0.25) is 17.7 Å². The maximum Gasteiger partial charge on any atom is 0.243 e. The SMILES string of the molecule is CC(C)C(C(=O)N1CCCC1C(=O)N[C@H](Cc1ccc2ccccc2c1)C(=O)NCCCN)C(C)C. The molecule has 3 amide bonds. The number of hydrogen-bond acceptors (Lipinski definition) is 4. The van der Waals surface area contributed by atoms with Crippen molar-refractivity contribution in [3.63, 3.8) is 0 Å². The molecule has 1 saturated heterocycles. The average Bonchev–Trinajstić information content (AvgIpc) is 3.33. The molecule has 196 valence electrons. The van der Waals surface area contributed by atoms with Crippen molar-refractivity contribution in [2.45, 2.75) is 65.5 Å². The lowest BCUT2D eigenvalue weighted by Crippen LogP contribution is -2.55. The molecule has 1 fully saturated rings. The van der Waals surface area contributed by atoms with Gasteiger partial charge < -0.3 is 21.3 Å². The third-order valence-corrected chi connectivity index (χ3v) is 7.13. The number of hydrogen-bond donors (Lipinski definition) is 3. The molecular weight excluding hydrogens is 452 g/mol. The Morgan fingerprint density at radius 3 is 2.39 bits per heavy atom. The number of rotatable bonds is 11. The molecule has 0 saturated carbocycles. The first-order chi connectivity index (χ1) is 17.2. The molecule has 0 aromatic heterocycles. The van der Waals surface area contributed by atoms with Crippen LogP contribution in [0.1, 0.15) is 52.5 Å². The van der Waals surface area contributed by atoms with Crippen molar-refractivity contribution < 1.29 is 14.4 Å². The highest BCUT2D eigenvalue weighted by molar-refractivity contribution is 5.93. The molecule has 4 N–H and O–H groups in total. The summed E-state index contributed by atoms with van der Waals surface area (Å²) in [6.07, 6.45) is 2.42. The summed E-state index contributed by atoms with van der Waals surface area (Å²) in [4.78, 5) is 41.7. The summed E-state index contributed by atoms with van der Waals surface area (Å²) in [7, 11) is 0. The highest BCUT2D eigenvalue weighted by Crippen LogP contribution is 2.28. The van der Waals surface area contributed by atoms with Crippen LogP contribution < -0.4 is 16.4 Å². The Labute approximate surface area is 215 Å². The van der Waals surface area contributed by atoms with Crippen LogP contribution in [0.15, 0.2) is 42.5 Å². The van der Waals surface area contributed by atoms with Gasteiger partial charge in [-0.2, -0.15) is 0 Å². The van der Waals surface area contributed by atoms with E-state index in [0.29, 0.717) is 38.9 Å². The van der Waals surface area contributed by atoms with E-state index in [2.05, 4.69) is 44.4 Å². The van der Waals surface area contributed by atoms with E-state index in [9.17, 15) is 14.4 Å². The lowest BCUT2D eigenvalue weighted by molar-refractivity contribution is -0.144. The zero-order valence-corrected chi connectivity index (χ0v) is 22.1. The summed E-state index contributed by atoms with van der Waals surface area (Å²) >= 11 is 0. The van der Waals surface area contributed by atoms with Crippen LogP contribution in [0, 0.1) is 17.8 Å². The smallest absolute Gasteiger partial charge is 0.243 e. The van der Waals surface area contributed by atoms with Crippen molar-refractivity contribution in [1.29, 1.82) is 0 Å². The fourth-order valence-corrected chi connectivity index (χ4v) is 5.35. The van der Waals surface area contributed by atoms with Crippen molar-refractivity contribution in [2.75, 3.05) is 19.6 Å². The van der Waals surface area contributed by atoms with Crippen LogP contribution in [0.5, 0.6) is 0 Å². The van der Waals surface area contributed by atoms with Crippen LogP contribution in [0.25, 0.3) is 10.8 Å². The second-order valence-electron chi connectivity index (χ2n) is 10.6. The number of fused-ring (bicyclic) bond motifs is 1. The minimum Gasteiger partial charge on any atom is -0.354 e. The van der Waals surface area contributed by atoms with Crippen LogP contribution in [-0.2, 0) is 20.8 Å². The number of carbonyl (C=O) groups is 3. The Morgan fingerprint density at radius 1 is 1.03 bits per heavy atom. The molecular formula is C29H42N4O3. The van der Waals surface area contributed by atoms with Gasteiger partial charge in [0.25, 0.3) is 0 Å². The van der Waals surface area contributed by atoms with Crippen molar-refractivity contribution in [2.24, 2.45) is 23.5 Å². The van der Waals surface area contributed by atoms with E-state index in [0.717, 1.165) is 22.8 Å². The summed E-state index contributed by atoms with van der Waals surface area (Å²) in [5.41, 5.74) is 6.55. The van der Waals surface area contributed by atoms with Gasteiger partial charge in [-0.15, -0.1) is 0 Å². The molecule has 2 atom stereocenters. The van der Waals surface area contributed by atoms with Crippen LogP contribution in [0.3, 0.4) is 0 Å². The number of nitrogens with two attached hydrogens (primary N) is 1. The standard InChI is InChI=1S/C29H42N4O3/c1-19(2)26(20(3)4)29(36)33-16-7-11-25(33)28(35)32-24(27(34)31-15-8-14-30)18-21-12-13-22-9-5-6-10-23(22)17-21/h5-6,9-10,12-13,17,19-20,24-26H,7-8,11,14-16,18,30H2,1-4H3,(H,31,34)(H,32,35)/t24-,25?/m1/s1. The van der Waals surface area contributed by atoms with E-state index in [4.69, 9.17) is 5.73 Å². The zero-order valence-electron chi connectivity index (χ0n) is 22.1. The molecule has 1 heterocycles. The van der Waals surface area contributed by atoms with Crippen LogP contribution in [0.4, 0.5) is 0 Å². The summed E-state index contributed by atoms with van der Waals surface area (Å²) in [6.45, 7) is 9.73. The Balaban J connectivity index is 1.78. The van der Waals surface area contributed by atoms with Crippen LogP contribution >= 0.6 is 0 Å². The molecule has 1 aliphatic heterocycles. The number of carbonyl (C=O) groups excluding carboxylic acids is 3. The largest absolute Gasteiger partial charge is 0.354 e. The number of likely N-dealkylation sites (tertiary alicyclic amines) is 1. The van der Waals surface area contributed by atoms with E-state index in [-0.39, 0.29) is 35.5 Å². The zero-order chi connectivity index (χ0) is 26.2. The fraction of sp³-hybridized carbons (Fsp3) is 0.552. The van der Waals surface area contributed by atoms with Gasteiger partial charge >= 0.3 is 0 Å². The molecule has 2 aromatic rings. The molecule has 0 bridgehead atoms. The van der Waals surface area contributed by atoms with E-state index >= 15 is 0 Å². The van der Waals surface area contributed by atoms with E-state index < -0.39 is 12.1 Å². The number of amides is 3. The van der Waals surface area contributed by atoms with Gasteiger partial charge in [0.15, 0.2) is 0 Å². The van der Waals surface area contributed by atoms with Crippen molar-refractivity contribution in [3.8, 4) is 0 Å². The quantitative estimate of drug-likeness (QED) is 0.417. The minimum absolute atomic E-state index is 0.0381. The maximum absolute atomic E-state index is 13.5. The van der Waals surface area contributed by atoms with Gasteiger partial charge in [0, 0.05) is 25.4 Å². The normalized spacial score (nSPS) is 16.7. The second kappa shape index (κ2) is 12.9. The van der Waals surface area contributed by atoms with Gasteiger partial charge in [0.05, 0.1) is 0 Å². The number of benzene rings is 2. The minimum atomic E-state index is -0.736. The van der Waals surface area contributed by atoms with Crippen molar-refractivity contribution in [1.82, 2.24) is 15.5 Å². The number of nitrogens with one attached hydrogen (secondary N) is 2. The first-order valence-electron chi connectivity index (χ1n) is 13.3. The Hall–Kier alpha value is -2.93. The highest BCUT2D eigenvalue weighted by atomic mass is 16.2. The predicted octanol–water partition coefficient (Wildman–Crippen LogP) is 3.25. The second-order valence-corrected chi connectivity index (χ2v) is 10.6. The monoisotopic (exact) mass is 494 g/mol. The Morgan fingerprint density at radius 2 is 1.72 bits per heavy atom. The number of nitrogens with zero attached hydrogens (tertiary/aromatic N) is 1. The van der Waals surface area contributed by atoms with E-state index in [1.165, 1.54) is 0 Å². The molecule has 0 spiro atoms. The van der Waals surface area contributed by atoms with Gasteiger partial charge in [-0.05, 0) is 54.0 Å². The topological polar surface area (TPSA) is 105 Å². The summed E-state index contributed by atoms with van der Waals surface area (Å²) in [6, 6.07) is 12.9. The summed E-state index contributed by atoms with van der Waals surface area (Å²) in [5.74, 6) is -0.205. The Kier molecular flexibility index (Phi) is 9.88. The van der Waals surface area contributed by atoms with Crippen molar-refractivity contribution in [3.05, 3.63) is 48.0 Å². The predicted molar refractivity (Wildman–Crippen MR) is 144 cm³/mol. The van der Waals surface area contributed by atoms with Gasteiger partial charge in [0.1, 0.15) is 12.1 Å². The summed E-state index contributed by atoms with van der Waals surface area (Å²) < 4.78 is 0. The van der Waals surface area contributed by atoms with Gasteiger partial charge in [-0.1, -0.05) is 70.2 Å². The summed E-state index contributed by atoms with van der Waals surface area (Å²) in [5, 5.41) is 8.11. The molecule has 7 nitrogen and oxygen atoms in total. The molecule has 2 aromatic carbocycles. The van der Waals surface area contributed by atoms with Crippen LogP contribution in [-0.4, -0.2) is 54.3 Å². The van der Waals surface area contributed by atoms with E-state index in [1.54, 1.807) is 4.90 Å².